The van der Waals surface area contributed by atoms with E-state index in [0.717, 1.165) is 45.8 Å². The molecule has 2 aromatic heterocycles. The fraction of sp³-hybridized carbons (Fsp3) is 0.600. The molecule has 2 aromatic rings. The summed E-state index contributed by atoms with van der Waals surface area (Å²) in [4.78, 5) is 29.9. The highest BCUT2D eigenvalue weighted by Gasteiger charge is 2.21. The number of aryl methyl sites for hydroxylation is 2. The van der Waals surface area contributed by atoms with Crippen molar-refractivity contribution in [1.29, 1.82) is 0 Å². The van der Waals surface area contributed by atoms with Crippen LogP contribution in [-0.2, 0) is 24.4 Å². The Morgan fingerprint density at radius 2 is 1.97 bits per heavy atom. The van der Waals surface area contributed by atoms with Gasteiger partial charge in [-0.3, -0.25) is 14.5 Å². The van der Waals surface area contributed by atoms with Gasteiger partial charge in [-0.05, 0) is 25.0 Å². The highest BCUT2D eigenvalue weighted by molar-refractivity contribution is 5.95. The maximum atomic E-state index is 13.1. The van der Waals surface area contributed by atoms with Crippen molar-refractivity contribution in [3.05, 3.63) is 45.9 Å². The third kappa shape index (κ3) is 5.10. The van der Waals surface area contributed by atoms with Crippen molar-refractivity contribution in [2.75, 3.05) is 39.9 Å². The van der Waals surface area contributed by atoms with Crippen LogP contribution in [0.15, 0.2) is 23.4 Å². The molecule has 0 atom stereocenters. The second kappa shape index (κ2) is 9.80. The van der Waals surface area contributed by atoms with Crippen LogP contribution in [-0.4, -0.2) is 74.9 Å². The van der Waals surface area contributed by atoms with Crippen molar-refractivity contribution >= 4 is 5.91 Å². The Hall–Kier alpha value is -2.52. The van der Waals surface area contributed by atoms with Crippen molar-refractivity contribution in [2.24, 2.45) is 0 Å². The zero-order chi connectivity index (χ0) is 20.8. The lowest BCUT2D eigenvalue weighted by atomic mass is 10.1. The number of carbonyl (C=O) groups excluding carboxylic acids is 1. The first-order valence-corrected chi connectivity index (χ1v) is 10.1. The molecule has 1 saturated heterocycles. The second-order valence-corrected chi connectivity index (χ2v) is 7.43. The van der Waals surface area contributed by atoms with Crippen LogP contribution in [0.3, 0.4) is 0 Å². The topological polar surface area (TPSA) is 85.5 Å². The van der Waals surface area contributed by atoms with E-state index in [1.165, 1.54) is 4.90 Å². The summed E-state index contributed by atoms with van der Waals surface area (Å²) in [5.74, 6) is 0.420. The van der Waals surface area contributed by atoms with Crippen LogP contribution in [0.4, 0.5) is 0 Å². The van der Waals surface area contributed by atoms with Gasteiger partial charge in [0.15, 0.2) is 5.82 Å². The molecule has 0 bridgehead atoms. The molecule has 0 radical (unpaired) electrons. The summed E-state index contributed by atoms with van der Waals surface area (Å²) < 4.78 is 8.92. The van der Waals surface area contributed by atoms with Crippen molar-refractivity contribution in [1.82, 2.24) is 29.1 Å². The SMILES string of the molecule is CCCn1cnnc1CN(C)C(=O)c1c(C)ccn(CCN2CCOCC2)c1=O. The summed E-state index contributed by atoms with van der Waals surface area (Å²) >= 11 is 0. The molecule has 9 nitrogen and oxygen atoms in total. The molecule has 158 valence electrons. The van der Waals surface area contributed by atoms with E-state index < -0.39 is 0 Å². The molecule has 0 spiro atoms. The van der Waals surface area contributed by atoms with Gasteiger partial charge in [-0.15, -0.1) is 10.2 Å². The number of aromatic nitrogens is 4. The van der Waals surface area contributed by atoms with Crippen molar-refractivity contribution in [3.63, 3.8) is 0 Å². The minimum absolute atomic E-state index is 0.221. The summed E-state index contributed by atoms with van der Waals surface area (Å²) in [5, 5.41) is 8.05. The van der Waals surface area contributed by atoms with E-state index in [2.05, 4.69) is 22.0 Å². The smallest absolute Gasteiger partial charge is 0.263 e. The van der Waals surface area contributed by atoms with E-state index in [0.29, 0.717) is 24.5 Å². The third-order valence-electron chi connectivity index (χ3n) is 5.23. The fourth-order valence-electron chi connectivity index (χ4n) is 3.48. The zero-order valence-electron chi connectivity index (χ0n) is 17.5. The first kappa shape index (κ1) is 21.2. The van der Waals surface area contributed by atoms with Crippen LogP contribution in [0, 0.1) is 6.92 Å². The molecule has 0 N–H and O–H groups in total. The first-order valence-electron chi connectivity index (χ1n) is 10.1. The minimum Gasteiger partial charge on any atom is -0.379 e. The van der Waals surface area contributed by atoms with E-state index >= 15 is 0 Å². The van der Waals surface area contributed by atoms with E-state index in [4.69, 9.17) is 4.74 Å². The number of pyridine rings is 1. The summed E-state index contributed by atoms with van der Waals surface area (Å²) in [6.45, 7) is 9.47. The van der Waals surface area contributed by atoms with Gasteiger partial charge in [-0.25, -0.2) is 0 Å². The number of hydrogen-bond donors (Lipinski definition) is 0. The average Bonchev–Trinajstić information content (AvgIpc) is 3.15. The quantitative estimate of drug-likeness (QED) is 0.648. The van der Waals surface area contributed by atoms with Crippen molar-refractivity contribution < 1.29 is 9.53 Å². The van der Waals surface area contributed by atoms with Crippen LogP contribution >= 0.6 is 0 Å². The number of morpholine rings is 1. The Bertz CT molecular complexity index is 885. The molecule has 1 fully saturated rings. The Morgan fingerprint density at radius 3 is 2.69 bits per heavy atom. The van der Waals surface area contributed by atoms with Crippen molar-refractivity contribution in [3.8, 4) is 0 Å². The normalized spacial score (nSPS) is 14.9. The average molecular weight is 402 g/mol. The lowest BCUT2D eigenvalue weighted by molar-refractivity contribution is 0.0362. The van der Waals surface area contributed by atoms with E-state index in [-0.39, 0.29) is 17.0 Å². The summed E-state index contributed by atoms with van der Waals surface area (Å²) in [5.41, 5.74) is 0.660. The summed E-state index contributed by atoms with van der Waals surface area (Å²) in [6, 6.07) is 1.83. The lowest BCUT2D eigenvalue weighted by Gasteiger charge is -2.26. The maximum Gasteiger partial charge on any atom is 0.263 e. The third-order valence-corrected chi connectivity index (χ3v) is 5.23. The summed E-state index contributed by atoms with van der Waals surface area (Å²) in [6.07, 6.45) is 4.39. The fourth-order valence-corrected chi connectivity index (χ4v) is 3.48. The van der Waals surface area contributed by atoms with E-state index in [1.807, 2.05) is 10.6 Å². The van der Waals surface area contributed by atoms with E-state index in [9.17, 15) is 9.59 Å². The van der Waals surface area contributed by atoms with Gasteiger partial charge in [0.25, 0.3) is 11.5 Å². The van der Waals surface area contributed by atoms with Gasteiger partial charge in [-0.2, -0.15) is 0 Å². The molecular formula is C20H30N6O3. The molecule has 0 saturated carbocycles. The number of carbonyl (C=O) groups is 1. The number of hydrogen-bond acceptors (Lipinski definition) is 6. The van der Waals surface area contributed by atoms with Crippen molar-refractivity contribution in [2.45, 2.75) is 39.9 Å². The Balaban J connectivity index is 1.73. The largest absolute Gasteiger partial charge is 0.379 e. The Labute approximate surface area is 170 Å². The molecule has 1 aliphatic heterocycles. The predicted octanol–water partition coefficient (Wildman–Crippen LogP) is 0.763. The standard InChI is InChI=1S/C20H30N6O3/c1-4-6-26-15-21-22-17(26)14-23(3)19(27)18-16(2)5-7-25(20(18)28)9-8-24-10-12-29-13-11-24/h5,7,15H,4,6,8-14H2,1-3H3. The molecule has 3 rings (SSSR count). The van der Waals surface area contributed by atoms with Gasteiger partial charge in [0.1, 0.15) is 11.9 Å². The zero-order valence-corrected chi connectivity index (χ0v) is 17.5. The number of rotatable bonds is 8. The second-order valence-electron chi connectivity index (χ2n) is 7.43. The van der Waals surface area contributed by atoms with Gasteiger partial charge >= 0.3 is 0 Å². The molecule has 9 heteroatoms. The molecule has 3 heterocycles. The molecule has 0 unspecified atom stereocenters. The maximum absolute atomic E-state index is 13.1. The van der Waals surface area contributed by atoms with Crippen LogP contribution in [0.2, 0.25) is 0 Å². The molecule has 1 amide bonds. The molecule has 0 aliphatic carbocycles. The van der Waals surface area contributed by atoms with Gasteiger partial charge in [0.2, 0.25) is 0 Å². The summed E-state index contributed by atoms with van der Waals surface area (Å²) in [7, 11) is 1.69. The van der Waals surface area contributed by atoms with Gasteiger partial charge in [0.05, 0.1) is 19.8 Å². The van der Waals surface area contributed by atoms with Gasteiger partial charge < -0.3 is 18.8 Å². The first-order chi connectivity index (χ1) is 14.0. The Kier molecular flexibility index (Phi) is 7.16. The van der Waals surface area contributed by atoms with Crippen LogP contribution < -0.4 is 5.56 Å². The van der Waals surface area contributed by atoms with E-state index in [1.54, 1.807) is 31.1 Å². The van der Waals surface area contributed by atoms with Gasteiger partial charge in [0, 0.05) is 46.0 Å². The monoisotopic (exact) mass is 402 g/mol. The Morgan fingerprint density at radius 1 is 1.21 bits per heavy atom. The lowest BCUT2D eigenvalue weighted by Crippen LogP contribution is -2.40. The minimum atomic E-state index is -0.292. The number of nitrogens with zero attached hydrogens (tertiary/aromatic N) is 6. The molecule has 0 aromatic carbocycles. The number of amides is 1. The van der Waals surface area contributed by atoms with Crippen LogP contribution in [0.1, 0.15) is 35.1 Å². The molecule has 29 heavy (non-hydrogen) atoms. The van der Waals surface area contributed by atoms with Crippen LogP contribution in [0.5, 0.6) is 0 Å². The van der Waals surface area contributed by atoms with Crippen LogP contribution in [0.25, 0.3) is 0 Å². The molecular weight excluding hydrogens is 372 g/mol. The number of ether oxygens (including phenoxy) is 1. The highest BCUT2D eigenvalue weighted by atomic mass is 16.5. The molecule has 1 aliphatic rings. The van der Waals surface area contributed by atoms with Gasteiger partial charge in [-0.1, -0.05) is 6.92 Å². The predicted molar refractivity (Wildman–Crippen MR) is 109 cm³/mol. The highest BCUT2D eigenvalue weighted by Crippen LogP contribution is 2.09.